The number of nitrogens with zero attached hydrogens (tertiary/aromatic N) is 3. The van der Waals surface area contributed by atoms with Crippen molar-refractivity contribution in [3.8, 4) is 5.69 Å². The molecule has 2 aromatic carbocycles. The van der Waals surface area contributed by atoms with Gasteiger partial charge in [0.25, 0.3) is 5.91 Å². The number of aryl methyl sites for hydroxylation is 1. The first kappa shape index (κ1) is 27.6. The first-order valence-corrected chi connectivity index (χ1v) is 12.9. The molecule has 3 aromatic rings. The van der Waals surface area contributed by atoms with E-state index in [9.17, 15) is 26.4 Å². The normalized spacial score (nSPS) is 12.2. The molecule has 0 unspecified atom stereocenters. The molecule has 0 radical (unpaired) electrons. The summed E-state index contributed by atoms with van der Waals surface area (Å²) in [5.74, 6) is -0.858. The highest BCUT2D eigenvalue weighted by Gasteiger charge is 2.34. The van der Waals surface area contributed by atoms with E-state index in [2.05, 4.69) is 10.5 Å². The molecule has 0 aliphatic carbocycles. The van der Waals surface area contributed by atoms with Gasteiger partial charge in [-0.1, -0.05) is 29.3 Å². The van der Waals surface area contributed by atoms with Gasteiger partial charge in [-0.3, -0.25) is 9.10 Å². The minimum Gasteiger partial charge on any atom is -0.318 e. The van der Waals surface area contributed by atoms with Crippen molar-refractivity contribution in [2.45, 2.75) is 20.0 Å². The Morgan fingerprint density at radius 1 is 1.14 bits per heavy atom. The second-order valence-electron chi connectivity index (χ2n) is 7.87. The summed E-state index contributed by atoms with van der Waals surface area (Å²) in [6.07, 6.45) is -2.65. The Morgan fingerprint density at radius 2 is 1.83 bits per heavy atom. The molecule has 1 amide bonds. The van der Waals surface area contributed by atoms with Crippen LogP contribution in [0.15, 0.2) is 53.6 Å². The Hall–Kier alpha value is -3.02. The van der Waals surface area contributed by atoms with Gasteiger partial charge in [-0.2, -0.15) is 18.3 Å². The number of aromatic nitrogens is 1. The van der Waals surface area contributed by atoms with Gasteiger partial charge < -0.3 is 4.57 Å². The lowest BCUT2D eigenvalue weighted by molar-refractivity contribution is -0.137. The highest BCUT2D eigenvalue weighted by atomic mass is 35.5. The maximum atomic E-state index is 13.2. The van der Waals surface area contributed by atoms with Crippen molar-refractivity contribution >= 4 is 51.0 Å². The van der Waals surface area contributed by atoms with E-state index >= 15 is 0 Å². The number of anilines is 1. The summed E-state index contributed by atoms with van der Waals surface area (Å²) < 4.78 is 66.6. The summed E-state index contributed by atoms with van der Waals surface area (Å²) in [4.78, 5) is 12.4. The summed E-state index contributed by atoms with van der Waals surface area (Å²) in [6, 6.07) is 11.7. The van der Waals surface area contributed by atoms with E-state index in [-0.39, 0.29) is 5.69 Å². The molecule has 7 nitrogen and oxygen atoms in total. The van der Waals surface area contributed by atoms with Crippen LogP contribution in [0, 0.1) is 13.8 Å². The summed E-state index contributed by atoms with van der Waals surface area (Å²) in [6.45, 7) is 2.94. The van der Waals surface area contributed by atoms with Gasteiger partial charge in [0.1, 0.15) is 6.54 Å². The number of amides is 1. The summed E-state index contributed by atoms with van der Waals surface area (Å²) in [5, 5.41) is 3.86. The number of rotatable bonds is 7. The van der Waals surface area contributed by atoms with Gasteiger partial charge in [0, 0.05) is 27.7 Å². The van der Waals surface area contributed by atoms with E-state index in [1.807, 2.05) is 36.6 Å². The third-order valence-corrected chi connectivity index (χ3v) is 6.87. The largest absolute Gasteiger partial charge is 0.417 e. The monoisotopic (exact) mass is 560 g/mol. The van der Waals surface area contributed by atoms with Gasteiger partial charge in [0.2, 0.25) is 10.0 Å². The molecular formula is C23H21Cl2F3N4O3S. The Bertz CT molecular complexity index is 1440. The molecular weight excluding hydrogens is 540 g/mol. The number of carbonyl (C=O) groups is 1. The lowest BCUT2D eigenvalue weighted by Crippen LogP contribution is -2.39. The van der Waals surface area contributed by atoms with Crippen LogP contribution in [0.5, 0.6) is 0 Å². The van der Waals surface area contributed by atoms with Crippen LogP contribution in [-0.2, 0) is 21.0 Å². The lowest BCUT2D eigenvalue weighted by Gasteiger charge is -2.22. The number of alkyl halides is 3. The maximum absolute atomic E-state index is 13.2. The highest BCUT2D eigenvalue weighted by Crippen LogP contribution is 2.37. The standard InChI is InChI=1S/C23H21Cl2F3N4O3S/c1-14-9-16(15(2)32(14)19-6-4-5-17(24)10-19)12-29-30-22(33)13-31(36(3,34)35)18-7-8-21(25)20(11-18)23(26,27)28/h4-12H,13H2,1-3H3,(H,30,33)/b29-12+. The van der Waals surface area contributed by atoms with Gasteiger partial charge in [-0.15, -0.1) is 0 Å². The van der Waals surface area contributed by atoms with E-state index in [0.717, 1.165) is 35.5 Å². The molecule has 0 saturated heterocycles. The molecule has 0 aliphatic heterocycles. The van der Waals surface area contributed by atoms with E-state index in [4.69, 9.17) is 23.2 Å². The number of carbonyl (C=O) groups excluding carboxylic acids is 1. The second-order valence-corrected chi connectivity index (χ2v) is 10.6. The third-order valence-electron chi connectivity index (χ3n) is 5.16. The molecule has 0 bridgehead atoms. The fraction of sp³-hybridized carbons (Fsp3) is 0.217. The molecule has 0 atom stereocenters. The van der Waals surface area contributed by atoms with Crippen molar-refractivity contribution in [1.29, 1.82) is 0 Å². The number of hydrazone groups is 1. The van der Waals surface area contributed by atoms with Crippen LogP contribution in [0.25, 0.3) is 5.69 Å². The van der Waals surface area contributed by atoms with Crippen LogP contribution in [0.3, 0.4) is 0 Å². The van der Waals surface area contributed by atoms with E-state index in [1.54, 1.807) is 12.1 Å². The zero-order valence-electron chi connectivity index (χ0n) is 19.3. The van der Waals surface area contributed by atoms with Crippen LogP contribution in [0.1, 0.15) is 22.5 Å². The first-order chi connectivity index (χ1) is 16.7. The van der Waals surface area contributed by atoms with Crippen LogP contribution >= 0.6 is 23.2 Å². The third kappa shape index (κ3) is 6.40. The number of hydrogen-bond donors (Lipinski definition) is 1. The Labute approximate surface area is 216 Å². The molecule has 1 aromatic heterocycles. The molecule has 0 saturated carbocycles. The summed E-state index contributed by atoms with van der Waals surface area (Å²) in [5.41, 5.74) is 3.84. The first-order valence-electron chi connectivity index (χ1n) is 10.3. The van der Waals surface area contributed by atoms with Crippen molar-refractivity contribution in [3.05, 3.63) is 81.1 Å². The quantitative estimate of drug-likeness (QED) is 0.313. The molecule has 1 N–H and O–H groups in total. The fourth-order valence-electron chi connectivity index (χ4n) is 3.56. The Kier molecular flexibility index (Phi) is 8.07. The molecule has 0 fully saturated rings. The SMILES string of the molecule is Cc1cc(/C=N/NC(=O)CN(c2ccc(Cl)c(C(F)(F)F)c2)S(C)(=O)=O)c(C)n1-c1cccc(Cl)c1. The zero-order chi connectivity index (χ0) is 26.8. The van der Waals surface area contributed by atoms with Gasteiger partial charge >= 0.3 is 6.18 Å². The summed E-state index contributed by atoms with van der Waals surface area (Å²) >= 11 is 11.7. The number of nitrogens with one attached hydrogen (secondary N) is 1. The number of benzene rings is 2. The van der Waals surface area contributed by atoms with Crippen molar-refractivity contribution in [1.82, 2.24) is 9.99 Å². The molecule has 36 heavy (non-hydrogen) atoms. The number of sulfonamides is 1. The molecule has 192 valence electrons. The number of hydrogen-bond acceptors (Lipinski definition) is 4. The van der Waals surface area contributed by atoms with Gasteiger partial charge in [-0.25, -0.2) is 13.8 Å². The second kappa shape index (κ2) is 10.5. The molecule has 3 rings (SSSR count). The topological polar surface area (TPSA) is 83.8 Å². The highest BCUT2D eigenvalue weighted by molar-refractivity contribution is 7.92. The van der Waals surface area contributed by atoms with Crippen LogP contribution in [0.2, 0.25) is 10.0 Å². The predicted octanol–water partition coefficient (Wildman–Crippen LogP) is 5.34. The van der Waals surface area contributed by atoms with E-state index in [0.29, 0.717) is 21.0 Å². The molecule has 13 heteroatoms. The zero-order valence-corrected chi connectivity index (χ0v) is 21.6. The fourth-order valence-corrected chi connectivity index (χ4v) is 4.81. The Morgan fingerprint density at radius 3 is 2.44 bits per heavy atom. The van der Waals surface area contributed by atoms with Crippen molar-refractivity contribution < 1.29 is 26.4 Å². The predicted molar refractivity (Wildman–Crippen MR) is 135 cm³/mol. The minimum absolute atomic E-state index is 0.363. The van der Waals surface area contributed by atoms with Crippen LogP contribution < -0.4 is 9.73 Å². The van der Waals surface area contributed by atoms with E-state index < -0.39 is 39.2 Å². The average Bonchev–Trinajstić information content (AvgIpc) is 3.04. The lowest BCUT2D eigenvalue weighted by atomic mass is 10.2. The van der Waals surface area contributed by atoms with Crippen molar-refractivity contribution in [2.75, 3.05) is 17.1 Å². The smallest absolute Gasteiger partial charge is 0.318 e. The number of halogens is 5. The van der Waals surface area contributed by atoms with Crippen LogP contribution in [0.4, 0.5) is 18.9 Å². The summed E-state index contributed by atoms with van der Waals surface area (Å²) in [7, 11) is -4.11. The van der Waals surface area contributed by atoms with Crippen molar-refractivity contribution in [3.63, 3.8) is 0 Å². The van der Waals surface area contributed by atoms with Gasteiger partial charge in [-0.05, 0) is 56.3 Å². The molecule has 0 aliphatic rings. The molecule has 0 spiro atoms. The maximum Gasteiger partial charge on any atom is 0.417 e. The van der Waals surface area contributed by atoms with E-state index in [1.165, 1.54) is 6.21 Å². The average molecular weight is 561 g/mol. The van der Waals surface area contributed by atoms with Gasteiger partial charge in [0.05, 0.1) is 28.7 Å². The Balaban J connectivity index is 1.79. The molecule has 1 heterocycles. The van der Waals surface area contributed by atoms with Crippen molar-refractivity contribution in [2.24, 2.45) is 5.10 Å². The van der Waals surface area contributed by atoms with Crippen LogP contribution in [-0.4, -0.2) is 37.9 Å². The minimum atomic E-state index is -4.81. The van der Waals surface area contributed by atoms with Gasteiger partial charge in [0.15, 0.2) is 0 Å².